The van der Waals surface area contributed by atoms with Gasteiger partial charge in [-0.1, -0.05) is 0 Å². The molecule has 0 heterocycles. The zero-order valence-electron chi connectivity index (χ0n) is 10.8. The predicted molar refractivity (Wildman–Crippen MR) is 76.4 cm³/mol. The van der Waals surface area contributed by atoms with Gasteiger partial charge in [0.05, 0.1) is 4.90 Å². The predicted octanol–water partition coefficient (Wildman–Crippen LogP) is 0.831. The SMILES string of the molecule is CNS(=O)(=O)c1ccc(SCCN(C)C)c(N)c1. The van der Waals surface area contributed by atoms with Gasteiger partial charge in [-0.3, -0.25) is 0 Å². The Hall–Kier alpha value is -0.760. The minimum Gasteiger partial charge on any atom is -0.398 e. The van der Waals surface area contributed by atoms with Crippen molar-refractivity contribution in [2.75, 3.05) is 39.2 Å². The molecule has 0 unspecified atom stereocenters. The van der Waals surface area contributed by atoms with E-state index >= 15 is 0 Å². The molecule has 0 aliphatic heterocycles. The van der Waals surface area contributed by atoms with Gasteiger partial charge in [-0.2, -0.15) is 0 Å². The van der Waals surface area contributed by atoms with Gasteiger partial charge in [0.2, 0.25) is 10.0 Å². The van der Waals surface area contributed by atoms with E-state index in [1.807, 2.05) is 14.1 Å². The molecular weight excluding hydrogens is 270 g/mol. The highest BCUT2D eigenvalue weighted by Crippen LogP contribution is 2.27. The standard InChI is InChI=1S/C11H19N3O2S2/c1-13-18(15,16)9-4-5-11(10(12)8-9)17-7-6-14(2)3/h4-5,8,13H,6-7,12H2,1-3H3. The van der Waals surface area contributed by atoms with Crippen LogP contribution in [0.2, 0.25) is 0 Å². The summed E-state index contributed by atoms with van der Waals surface area (Å²) in [5.41, 5.74) is 6.36. The third kappa shape index (κ3) is 4.16. The summed E-state index contributed by atoms with van der Waals surface area (Å²) in [5.74, 6) is 0.912. The van der Waals surface area contributed by atoms with E-state index in [9.17, 15) is 8.42 Å². The Balaban J connectivity index is 2.81. The summed E-state index contributed by atoms with van der Waals surface area (Å²) in [6.45, 7) is 0.945. The molecule has 0 radical (unpaired) electrons. The fraction of sp³-hybridized carbons (Fsp3) is 0.455. The lowest BCUT2D eigenvalue weighted by Crippen LogP contribution is -2.18. The van der Waals surface area contributed by atoms with Crippen LogP contribution in [0.5, 0.6) is 0 Å². The largest absolute Gasteiger partial charge is 0.398 e. The first-order valence-corrected chi connectivity index (χ1v) is 7.94. The summed E-state index contributed by atoms with van der Waals surface area (Å²) in [4.78, 5) is 3.19. The molecule has 0 atom stereocenters. The van der Waals surface area contributed by atoms with Crippen LogP contribution in [0.25, 0.3) is 0 Å². The van der Waals surface area contributed by atoms with Crippen LogP contribution in [0, 0.1) is 0 Å². The second kappa shape index (κ2) is 6.42. The fourth-order valence-electron chi connectivity index (χ4n) is 1.28. The van der Waals surface area contributed by atoms with E-state index in [0.717, 1.165) is 17.2 Å². The Morgan fingerprint density at radius 3 is 2.56 bits per heavy atom. The van der Waals surface area contributed by atoms with Gasteiger partial charge in [0, 0.05) is 22.9 Å². The molecule has 1 aromatic carbocycles. The summed E-state index contributed by atoms with van der Waals surface area (Å²) < 4.78 is 25.4. The second-order valence-corrected chi connectivity index (χ2v) is 7.08. The highest BCUT2D eigenvalue weighted by atomic mass is 32.2. The molecule has 0 spiro atoms. The maximum atomic E-state index is 11.6. The summed E-state index contributed by atoms with van der Waals surface area (Å²) in [6.07, 6.45) is 0. The molecular formula is C11H19N3O2S2. The Kier molecular flexibility index (Phi) is 5.46. The minimum absolute atomic E-state index is 0.194. The van der Waals surface area contributed by atoms with E-state index in [1.54, 1.807) is 23.9 Å². The number of rotatable bonds is 6. The Morgan fingerprint density at radius 1 is 1.39 bits per heavy atom. The van der Waals surface area contributed by atoms with Crippen molar-refractivity contribution in [1.82, 2.24) is 9.62 Å². The first kappa shape index (κ1) is 15.3. The van der Waals surface area contributed by atoms with E-state index < -0.39 is 10.0 Å². The van der Waals surface area contributed by atoms with Crippen molar-refractivity contribution >= 4 is 27.5 Å². The smallest absolute Gasteiger partial charge is 0.240 e. The highest BCUT2D eigenvalue weighted by Gasteiger charge is 2.12. The van der Waals surface area contributed by atoms with Crippen molar-refractivity contribution in [2.24, 2.45) is 0 Å². The van der Waals surface area contributed by atoms with Gasteiger partial charge in [-0.15, -0.1) is 11.8 Å². The molecule has 0 aliphatic carbocycles. The summed E-state index contributed by atoms with van der Waals surface area (Å²) in [5, 5.41) is 0. The van der Waals surface area contributed by atoms with Crippen molar-refractivity contribution in [3.05, 3.63) is 18.2 Å². The number of sulfonamides is 1. The van der Waals surface area contributed by atoms with Crippen LogP contribution in [0.1, 0.15) is 0 Å². The molecule has 0 aromatic heterocycles. The summed E-state index contributed by atoms with van der Waals surface area (Å²) in [7, 11) is 1.97. The number of hydrogen-bond donors (Lipinski definition) is 2. The minimum atomic E-state index is -3.42. The van der Waals surface area contributed by atoms with Gasteiger partial charge in [0.1, 0.15) is 0 Å². The van der Waals surface area contributed by atoms with E-state index in [1.165, 1.54) is 13.1 Å². The molecule has 5 nitrogen and oxygen atoms in total. The monoisotopic (exact) mass is 289 g/mol. The van der Waals surface area contributed by atoms with Crippen LogP contribution < -0.4 is 10.5 Å². The number of anilines is 1. The molecule has 18 heavy (non-hydrogen) atoms. The number of nitrogens with one attached hydrogen (secondary N) is 1. The van der Waals surface area contributed by atoms with Crippen LogP contribution in [0.4, 0.5) is 5.69 Å². The van der Waals surface area contributed by atoms with E-state index in [2.05, 4.69) is 9.62 Å². The third-order valence-corrected chi connectivity index (χ3v) is 4.84. The van der Waals surface area contributed by atoms with Gasteiger partial charge >= 0.3 is 0 Å². The number of nitrogens with zero attached hydrogens (tertiary/aromatic N) is 1. The lowest BCUT2D eigenvalue weighted by molar-refractivity contribution is 0.437. The molecule has 102 valence electrons. The van der Waals surface area contributed by atoms with Crippen molar-refractivity contribution in [1.29, 1.82) is 0 Å². The molecule has 1 rings (SSSR count). The van der Waals surface area contributed by atoms with Gasteiger partial charge in [-0.05, 0) is 39.3 Å². The summed E-state index contributed by atoms with van der Waals surface area (Å²) in [6, 6.07) is 4.81. The fourth-order valence-corrected chi connectivity index (χ4v) is 3.11. The number of benzene rings is 1. The zero-order valence-corrected chi connectivity index (χ0v) is 12.4. The number of hydrogen-bond acceptors (Lipinski definition) is 5. The van der Waals surface area contributed by atoms with Gasteiger partial charge in [0.15, 0.2) is 0 Å². The zero-order chi connectivity index (χ0) is 13.8. The molecule has 0 fully saturated rings. The Labute approximate surface area is 113 Å². The molecule has 3 N–H and O–H groups in total. The van der Waals surface area contributed by atoms with Crippen molar-refractivity contribution in [2.45, 2.75) is 9.79 Å². The third-order valence-electron chi connectivity index (χ3n) is 2.36. The van der Waals surface area contributed by atoms with Gasteiger partial charge in [0.25, 0.3) is 0 Å². The van der Waals surface area contributed by atoms with Crippen molar-refractivity contribution < 1.29 is 8.42 Å². The van der Waals surface area contributed by atoms with E-state index in [4.69, 9.17) is 5.73 Å². The van der Waals surface area contributed by atoms with Crippen molar-refractivity contribution in [3.63, 3.8) is 0 Å². The Morgan fingerprint density at radius 2 is 2.06 bits per heavy atom. The number of thioether (sulfide) groups is 1. The average molecular weight is 289 g/mol. The molecule has 0 bridgehead atoms. The van der Waals surface area contributed by atoms with Gasteiger partial charge in [-0.25, -0.2) is 13.1 Å². The first-order chi connectivity index (χ1) is 8.36. The molecule has 0 aliphatic rings. The number of nitrogens with two attached hydrogens (primary N) is 1. The molecule has 0 saturated carbocycles. The second-order valence-electron chi connectivity index (χ2n) is 4.06. The molecule has 0 amide bonds. The first-order valence-electron chi connectivity index (χ1n) is 5.47. The topological polar surface area (TPSA) is 75.4 Å². The van der Waals surface area contributed by atoms with E-state index in [-0.39, 0.29) is 4.90 Å². The molecule has 1 aromatic rings. The van der Waals surface area contributed by atoms with Crippen LogP contribution in [0.3, 0.4) is 0 Å². The van der Waals surface area contributed by atoms with Crippen LogP contribution >= 0.6 is 11.8 Å². The quantitative estimate of drug-likeness (QED) is 0.599. The summed E-state index contributed by atoms with van der Waals surface area (Å²) >= 11 is 1.62. The van der Waals surface area contributed by atoms with Crippen LogP contribution in [-0.4, -0.2) is 46.8 Å². The average Bonchev–Trinajstić information content (AvgIpc) is 2.30. The van der Waals surface area contributed by atoms with Gasteiger partial charge < -0.3 is 10.6 Å². The van der Waals surface area contributed by atoms with Crippen molar-refractivity contribution in [3.8, 4) is 0 Å². The Bertz CT molecular complexity index is 501. The molecule has 7 heteroatoms. The van der Waals surface area contributed by atoms with Crippen LogP contribution in [0.15, 0.2) is 28.0 Å². The van der Waals surface area contributed by atoms with Crippen LogP contribution in [-0.2, 0) is 10.0 Å². The lowest BCUT2D eigenvalue weighted by atomic mass is 10.3. The maximum Gasteiger partial charge on any atom is 0.240 e. The lowest BCUT2D eigenvalue weighted by Gasteiger charge is -2.11. The normalized spacial score (nSPS) is 12.0. The number of nitrogen functional groups attached to an aromatic ring is 1. The maximum absolute atomic E-state index is 11.6. The highest BCUT2D eigenvalue weighted by molar-refractivity contribution is 7.99. The van der Waals surface area contributed by atoms with E-state index in [0.29, 0.717) is 5.69 Å². The molecule has 0 saturated heterocycles.